The third-order valence-electron chi connectivity index (χ3n) is 7.25. The van der Waals surface area contributed by atoms with Gasteiger partial charge in [0.15, 0.2) is 0 Å². The first-order valence-corrected chi connectivity index (χ1v) is 10.7. The Bertz CT molecular complexity index is 856. The van der Waals surface area contributed by atoms with Gasteiger partial charge in [-0.15, -0.1) is 0 Å². The van der Waals surface area contributed by atoms with Crippen molar-refractivity contribution < 1.29 is 14.2 Å². The van der Waals surface area contributed by atoms with E-state index in [1.165, 1.54) is 24.1 Å². The summed E-state index contributed by atoms with van der Waals surface area (Å²) in [5, 5.41) is 0. The first-order chi connectivity index (χ1) is 14.0. The average Bonchev–Trinajstić information content (AvgIpc) is 3.22. The van der Waals surface area contributed by atoms with E-state index in [9.17, 15) is 0 Å². The number of ether oxygens (including phenoxy) is 3. The van der Waals surface area contributed by atoms with Gasteiger partial charge in [-0.2, -0.15) is 0 Å². The second-order valence-corrected chi connectivity index (χ2v) is 9.50. The van der Waals surface area contributed by atoms with Crippen LogP contribution in [0.2, 0.25) is 0 Å². The molecule has 1 aromatic carbocycles. The molecule has 2 aromatic rings. The minimum Gasteiger partial charge on any atom is -0.497 e. The van der Waals surface area contributed by atoms with Crippen molar-refractivity contribution in [3.05, 3.63) is 42.0 Å². The number of fused-ring (bicyclic) bond motifs is 3. The molecule has 29 heavy (non-hydrogen) atoms. The van der Waals surface area contributed by atoms with E-state index in [4.69, 9.17) is 14.2 Å². The van der Waals surface area contributed by atoms with Crippen LogP contribution in [0.5, 0.6) is 11.5 Å². The van der Waals surface area contributed by atoms with Crippen LogP contribution >= 0.6 is 0 Å². The van der Waals surface area contributed by atoms with E-state index >= 15 is 0 Å². The molecule has 6 nitrogen and oxygen atoms in total. The molecule has 0 bridgehead atoms. The normalized spacial score (nSPS) is 27.7. The third kappa shape index (κ3) is 3.42. The molecule has 2 saturated heterocycles. The van der Waals surface area contributed by atoms with Gasteiger partial charge in [0.25, 0.3) is 0 Å². The van der Waals surface area contributed by atoms with Crippen LogP contribution in [0.15, 0.2) is 30.7 Å². The van der Waals surface area contributed by atoms with E-state index in [2.05, 4.69) is 34.8 Å². The van der Waals surface area contributed by atoms with E-state index in [-0.39, 0.29) is 17.1 Å². The maximum atomic E-state index is 6.60. The highest BCUT2D eigenvalue weighted by molar-refractivity contribution is 5.44. The fourth-order valence-corrected chi connectivity index (χ4v) is 5.40. The minimum absolute atomic E-state index is 0.105. The van der Waals surface area contributed by atoms with Gasteiger partial charge < -0.3 is 19.2 Å². The fraction of sp³-hybridized carbons (Fsp3) is 0.609. The zero-order valence-corrected chi connectivity index (χ0v) is 17.6. The predicted molar refractivity (Wildman–Crippen MR) is 110 cm³/mol. The van der Waals surface area contributed by atoms with Crippen LogP contribution < -0.4 is 9.47 Å². The standard InChI is InChI=1S/C23H31N3O3/c1-22(2)19-11-23(6-8-26(9-7-23)13-16-12-24-15-25-16)14-28-21(19)18-5-4-17(27-3)10-20(18)29-22/h4-5,10,12,15,19,21H,6-9,11,13-14H2,1-3H3,(H,24,25)/t19-,21+/m0/s1. The zero-order valence-electron chi connectivity index (χ0n) is 17.6. The highest BCUT2D eigenvalue weighted by Crippen LogP contribution is 2.55. The summed E-state index contributed by atoms with van der Waals surface area (Å²) >= 11 is 0. The predicted octanol–water partition coefficient (Wildman–Crippen LogP) is 3.95. The molecule has 6 heteroatoms. The van der Waals surface area contributed by atoms with E-state index in [1.54, 1.807) is 13.4 Å². The van der Waals surface area contributed by atoms with Crippen LogP contribution in [-0.2, 0) is 11.3 Å². The molecular formula is C23H31N3O3. The van der Waals surface area contributed by atoms with Gasteiger partial charge in [-0.1, -0.05) is 0 Å². The Hall–Kier alpha value is -2.05. The van der Waals surface area contributed by atoms with Crippen molar-refractivity contribution in [2.45, 2.75) is 51.4 Å². The molecule has 156 valence electrons. The van der Waals surface area contributed by atoms with Crippen LogP contribution in [0.3, 0.4) is 0 Å². The largest absolute Gasteiger partial charge is 0.497 e. The summed E-state index contributed by atoms with van der Waals surface area (Å²) in [5.41, 5.74) is 2.36. The first-order valence-electron chi connectivity index (χ1n) is 10.7. The molecule has 4 heterocycles. The van der Waals surface area contributed by atoms with Gasteiger partial charge in [-0.25, -0.2) is 4.98 Å². The molecule has 1 N–H and O–H groups in total. The van der Waals surface area contributed by atoms with Crippen LogP contribution in [0, 0.1) is 11.3 Å². The maximum Gasteiger partial charge on any atom is 0.129 e. The van der Waals surface area contributed by atoms with Gasteiger partial charge in [0.1, 0.15) is 17.1 Å². The van der Waals surface area contributed by atoms with E-state index in [1.807, 2.05) is 18.3 Å². The summed E-state index contributed by atoms with van der Waals surface area (Å²) in [6.07, 6.45) is 7.30. The van der Waals surface area contributed by atoms with Crippen LogP contribution in [0.25, 0.3) is 0 Å². The number of likely N-dealkylation sites (tertiary alicyclic amines) is 1. The van der Waals surface area contributed by atoms with Crippen molar-refractivity contribution in [2.75, 3.05) is 26.8 Å². The van der Waals surface area contributed by atoms with Crippen molar-refractivity contribution in [3.8, 4) is 11.5 Å². The van der Waals surface area contributed by atoms with Gasteiger partial charge in [0.2, 0.25) is 0 Å². The van der Waals surface area contributed by atoms with E-state index < -0.39 is 0 Å². The lowest BCUT2D eigenvalue weighted by molar-refractivity contribution is -0.174. The highest BCUT2D eigenvalue weighted by Gasteiger charge is 2.52. The number of hydrogen-bond donors (Lipinski definition) is 1. The van der Waals surface area contributed by atoms with Gasteiger partial charge in [-0.3, -0.25) is 4.90 Å². The van der Waals surface area contributed by atoms with E-state index in [0.717, 1.165) is 44.2 Å². The van der Waals surface area contributed by atoms with Gasteiger partial charge >= 0.3 is 0 Å². The molecule has 0 amide bonds. The molecule has 1 aromatic heterocycles. The molecule has 2 fully saturated rings. The van der Waals surface area contributed by atoms with Crippen LogP contribution in [0.4, 0.5) is 0 Å². The molecule has 5 rings (SSSR count). The zero-order chi connectivity index (χ0) is 20.1. The quantitative estimate of drug-likeness (QED) is 0.850. The Labute approximate surface area is 172 Å². The molecule has 3 aliphatic heterocycles. The second-order valence-electron chi connectivity index (χ2n) is 9.50. The number of aromatic amines is 1. The summed E-state index contributed by atoms with van der Waals surface area (Å²) in [4.78, 5) is 9.88. The van der Waals surface area contributed by atoms with Crippen molar-refractivity contribution in [1.82, 2.24) is 14.9 Å². The Morgan fingerprint density at radius 3 is 2.83 bits per heavy atom. The molecular weight excluding hydrogens is 366 g/mol. The van der Waals surface area contributed by atoms with Crippen molar-refractivity contribution >= 4 is 0 Å². The maximum absolute atomic E-state index is 6.60. The van der Waals surface area contributed by atoms with Crippen molar-refractivity contribution in [1.29, 1.82) is 0 Å². The topological polar surface area (TPSA) is 59.6 Å². The van der Waals surface area contributed by atoms with Crippen molar-refractivity contribution in [3.63, 3.8) is 0 Å². The summed E-state index contributed by atoms with van der Waals surface area (Å²) in [6, 6.07) is 6.13. The highest BCUT2D eigenvalue weighted by atomic mass is 16.5. The lowest BCUT2D eigenvalue weighted by atomic mass is 9.64. The van der Waals surface area contributed by atoms with Crippen LogP contribution in [-0.4, -0.2) is 47.3 Å². The number of rotatable bonds is 3. The number of aromatic nitrogens is 2. The Morgan fingerprint density at radius 2 is 2.10 bits per heavy atom. The molecule has 3 aliphatic rings. The Morgan fingerprint density at radius 1 is 1.28 bits per heavy atom. The molecule has 1 spiro atoms. The summed E-state index contributed by atoms with van der Waals surface area (Å²) < 4.78 is 18.5. The molecule has 2 atom stereocenters. The Balaban J connectivity index is 1.31. The number of piperidine rings is 1. The van der Waals surface area contributed by atoms with Gasteiger partial charge in [0.05, 0.1) is 26.1 Å². The monoisotopic (exact) mass is 397 g/mol. The van der Waals surface area contributed by atoms with E-state index in [0.29, 0.717) is 5.92 Å². The average molecular weight is 398 g/mol. The number of methoxy groups -OCH3 is 1. The van der Waals surface area contributed by atoms with Gasteiger partial charge in [0, 0.05) is 36.0 Å². The van der Waals surface area contributed by atoms with Gasteiger partial charge in [-0.05, 0) is 63.7 Å². The van der Waals surface area contributed by atoms with Crippen LogP contribution in [0.1, 0.15) is 50.5 Å². The smallest absolute Gasteiger partial charge is 0.129 e. The Kier molecular flexibility index (Phi) is 4.59. The summed E-state index contributed by atoms with van der Waals surface area (Å²) in [5.74, 6) is 2.09. The van der Waals surface area contributed by atoms with Crippen molar-refractivity contribution in [2.24, 2.45) is 11.3 Å². The minimum atomic E-state index is -0.259. The first kappa shape index (κ1) is 18.9. The molecule has 0 aliphatic carbocycles. The lowest BCUT2D eigenvalue weighted by Crippen LogP contribution is -2.54. The molecule has 0 unspecified atom stereocenters. The third-order valence-corrected chi connectivity index (χ3v) is 7.25. The number of imidazole rings is 1. The number of benzene rings is 1. The number of nitrogens with one attached hydrogen (secondary N) is 1. The second kappa shape index (κ2) is 7.03. The number of nitrogens with zero attached hydrogens (tertiary/aromatic N) is 2. The molecule has 0 radical (unpaired) electrons. The lowest BCUT2D eigenvalue weighted by Gasteiger charge is -2.54. The number of hydrogen-bond acceptors (Lipinski definition) is 5. The summed E-state index contributed by atoms with van der Waals surface area (Å²) in [7, 11) is 1.69. The summed E-state index contributed by atoms with van der Waals surface area (Å²) in [6.45, 7) is 8.43. The number of H-pyrrole nitrogens is 1. The SMILES string of the molecule is COc1ccc2c(c1)OC(C)(C)[C@H]1CC3(CCN(Cc4cnc[nH]4)CC3)CO[C@H]21. The molecule has 0 saturated carbocycles. The fourth-order valence-electron chi connectivity index (χ4n) is 5.40.